The molecule has 3 aromatic rings. The number of aromatic nitrogens is 1. The fourth-order valence-corrected chi connectivity index (χ4v) is 5.51. The standard InChI is InChI=1S/C23H24ClNO7S2/c1-2-30-23(29)31-10-17-18(26)19(27)20(28)21(32-17)12-3-4-16(24)14(7-12)8-15-9-25-22(34-15)13-5-6-33-11-13/h3-7,9,11,17-21,26-28H,2,8,10H2,1H3/t17-,18+,19-,20-,21+/m1/s1. The maximum atomic E-state index is 11.5. The number of thiophene rings is 1. The van der Waals surface area contributed by atoms with Crippen LogP contribution >= 0.6 is 34.3 Å². The number of benzene rings is 1. The minimum atomic E-state index is -1.50. The number of hydrogen-bond acceptors (Lipinski definition) is 10. The molecule has 11 heteroatoms. The van der Waals surface area contributed by atoms with Crippen molar-refractivity contribution in [2.75, 3.05) is 13.2 Å². The minimum Gasteiger partial charge on any atom is -0.435 e. The molecule has 0 spiro atoms. The molecule has 0 aliphatic carbocycles. The molecule has 4 rings (SSSR count). The average molecular weight is 526 g/mol. The molecule has 3 heterocycles. The van der Waals surface area contributed by atoms with E-state index >= 15 is 0 Å². The van der Waals surface area contributed by atoms with E-state index in [4.69, 9.17) is 25.8 Å². The Labute approximate surface area is 209 Å². The smallest absolute Gasteiger partial charge is 0.435 e. The highest BCUT2D eigenvalue weighted by Crippen LogP contribution is 2.35. The molecule has 0 unspecified atom stereocenters. The molecule has 2 aromatic heterocycles. The number of aliphatic hydroxyl groups is 3. The summed E-state index contributed by atoms with van der Waals surface area (Å²) < 4.78 is 15.5. The third-order valence-corrected chi connectivity index (χ3v) is 7.52. The molecule has 5 atom stereocenters. The summed E-state index contributed by atoms with van der Waals surface area (Å²) >= 11 is 9.63. The molecule has 0 saturated carbocycles. The molecule has 1 aliphatic heterocycles. The molecule has 3 N–H and O–H groups in total. The third-order valence-electron chi connectivity index (χ3n) is 5.42. The van der Waals surface area contributed by atoms with Gasteiger partial charge in [0.1, 0.15) is 42.1 Å². The van der Waals surface area contributed by atoms with Crippen molar-refractivity contribution in [3.05, 3.63) is 62.2 Å². The number of halogens is 1. The molecule has 182 valence electrons. The number of hydrogen-bond donors (Lipinski definition) is 3. The van der Waals surface area contributed by atoms with Crippen LogP contribution in [0, 0.1) is 0 Å². The van der Waals surface area contributed by atoms with Crippen molar-refractivity contribution in [1.29, 1.82) is 0 Å². The molecular weight excluding hydrogens is 502 g/mol. The van der Waals surface area contributed by atoms with Crippen LogP contribution in [0.15, 0.2) is 41.2 Å². The largest absolute Gasteiger partial charge is 0.508 e. The Kier molecular flexibility index (Phi) is 8.20. The zero-order valence-electron chi connectivity index (χ0n) is 18.2. The van der Waals surface area contributed by atoms with Gasteiger partial charge < -0.3 is 29.5 Å². The van der Waals surface area contributed by atoms with Gasteiger partial charge in [0.15, 0.2) is 0 Å². The summed E-state index contributed by atoms with van der Waals surface area (Å²) in [4.78, 5) is 17.0. The summed E-state index contributed by atoms with van der Waals surface area (Å²) in [5.74, 6) is 0. The van der Waals surface area contributed by atoms with E-state index in [-0.39, 0.29) is 13.2 Å². The van der Waals surface area contributed by atoms with Gasteiger partial charge in [0.05, 0.1) is 6.61 Å². The molecule has 0 radical (unpaired) electrons. The van der Waals surface area contributed by atoms with Gasteiger partial charge in [-0.2, -0.15) is 11.3 Å². The summed E-state index contributed by atoms with van der Waals surface area (Å²) in [6.45, 7) is 1.43. The van der Waals surface area contributed by atoms with Crippen LogP contribution in [0.1, 0.15) is 29.0 Å². The quantitative estimate of drug-likeness (QED) is 0.398. The lowest BCUT2D eigenvalue weighted by Crippen LogP contribution is -2.55. The normalized spacial score (nSPS) is 24.7. The highest BCUT2D eigenvalue weighted by molar-refractivity contribution is 7.15. The lowest BCUT2D eigenvalue weighted by molar-refractivity contribution is -0.232. The lowest BCUT2D eigenvalue weighted by atomic mass is 9.90. The van der Waals surface area contributed by atoms with Crippen LogP contribution in [0.4, 0.5) is 4.79 Å². The Morgan fingerprint density at radius 3 is 2.74 bits per heavy atom. The predicted octanol–water partition coefficient (Wildman–Crippen LogP) is 3.81. The van der Waals surface area contributed by atoms with Crippen LogP contribution in [0.25, 0.3) is 10.6 Å². The Morgan fingerprint density at radius 2 is 2.00 bits per heavy atom. The van der Waals surface area contributed by atoms with E-state index in [0.29, 0.717) is 17.0 Å². The van der Waals surface area contributed by atoms with Gasteiger partial charge in [-0.25, -0.2) is 9.78 Å². The van der Waals surface area contributed by atoms with E-state index < -0.39 is 36.7 Å². The summed E-state index contributed by atoms with van der Waals surface area (Å²) in [5.41, 5.74) is 2.44. The first kappa shape index (κ1) is 25.1. The number of carbonyl (C=O) groups is 1. The molecular formula is C23H24ClNO7S2. The number of nitrogens with zero attached hydrogens (tertiary/aromatic N) is 1. The first-order valence-corrected chi connectivity index (χ1v) is 12.8. The highest BCUT2D eigenvalue weighted by atomic mass is 35.5. The van der Waals surface area contributed by atoms with Crippen LogP contribution in [-0.4, -0.2) is 64.1 Å². The summed E-state index contributed by atoms with van der Waals surface area (Å²) in [7, 11) is 0. The summed E-state index contributed by atoms with van der Waals surface area (Å²) in [5, 5.41) is 36.8. The van der Waals surface area contributed by atoms with E-state index in [2.05, 4.69) is 4.98 Å². The number of aliphatic hydroxyl groups excluding tert-OH is 3. The monoisotopic (exact) mass is 525 g/mol. The van der Waals surface area contributed by atoms with Crippen molar-refractivity contribution in [2.24, 2.45) is 0 Å². The summed E-state index contributed by atoms with van der Waals surface area (Å²) in [6.07, 6.45) is -4.92. The molecule has 0 bridgehead atoms. The van der Waals surface area contributed by atoms with Crippen LogP contribution in [0.3, 0.4) is 0 Å². The van der Waals surface area contributed by atoms with E-state index in [0.717, 1.165) is 21.0 Å². The molecule has 1 aliphatic rings. The first-order chi connectivity index (χ1) is 16.4. The van der Waals surface area contributed by atoms with Crippen LogP contribution in [-0.2, 0) is 20.6 Å². The van der Waals surface area contributed by atoms with Crippen LogP contribution in [0.5, 0.6) is 0 Å². The van der Waals surface area contributed by atoms with Crippen molar-refractivity contribution in [3.8, 4) is 10.6 Å². The van der Waals surface area contributed by atoms with Gasteiger partial charge in [0.2, 0.25) is 0 Å². The van der Waals surface area contributed by atoms with Gasteiger partial charge in [-0.3, -0.25) is 0 Å². The van der Waals surface area contributed by atoms with Gasteiger partial charge in [-0.15, -0.1) is 11.3 Å². The van der Waals surface area contributed by atoms with Crippen LogP contribution < -0.4 is 0 Å². The minimum absolute atomic E-state index is 0.138. The van der Waals surface area contributed by atoms with Gasteiger partial charge in [0.25, 0.3) is 0 Å². The molecule has 34 heavy (non-hydrogen) atoms. The molecule has 8 nitrogen and oxygen atoms in total. The summed E-state index contributed by atoms with van der Waals surface area (Å²) in [6, 6.07) is 7.21. The van der Waals surface area contributed by atoms with Crippen molar-refractivity contribution in [2.45, 2.75) is 43.9 Å². The van der Waals surface area contributed by atoms with Gasteiger partial charge in [0, 0.05) is 33.5 Å². The van der Waals surface area contributed by atoms with Crippen molar-refractivity contribution >= 4 is 40.4 Å². The SMILES string of the molecule is CCOC(=O)OC[C@H]1O[C@@H](c2ccc(Cl)c(Cc3cnc(-c4ccsc4)s3)c2)[C@H](O)[C@H](O)[C@H]1O. The predicted molar refractivity (Wildman–Crippen MR) is 128 cm³/mol. The number of rotatable bonds is 7. The van der Waals surface area contributed by atoms with Crippen molar-refractivity contribution < 1.29 is 34.3 Å². The maximum absolute atomic E-state index is 11.5. The van der Waals surface area contributed by atoms with E-state index in [9.17, 15) is 20.1 Å². The van der Waals surface area contributed by atoms with E-state index in [1.807, 2.05) is 23.0 Å². The second kappa shape index (κ2) is 11.1. The van der Waals surface area contributed by atoms with Crippen molar-refractivity contribution in [1.82, 2.24) is 4.98 Å². The Balaban J connectivity index is 1.51. The van der Waals surface area contributed by atoms with Gasteiger partial charge in [-0.1, -0.05) is 23.7 Å². The van der Waals surface area contributed by atoms with Crippen LogP contribution in [0.2, 0.25) is 5.02 Å². The topological polar surface area (TPSA) is 118 Å². The molecule has 0 amide bonds. The zero-order valence-corrected chi connectivity index (χ0v) is 20.6. The number of thiazole rings is 1. The zero-order chi connectivity index (χ0) is 24.2. The average Bonchev–Trinajstić information content (AvgIpc) is 3.51. The molecule has 1 aromatic carbocycles. The van der Waals surface area contributed by atoms with E-state index in [1.165, 1.54) is 0 Å². The second-order valence-corrected chi connectivity index (χ2v) is 10.0. The second-order valence-electron chi connectivity index (χ2n) is 7.73. The number of ether oxygens (including phenoxy) is 3. The van der Waals surface area contributed by atoms with Gasteiger partial charge in [-0.05, 0) is 35.6 Å². The Bertz CT molecular complexity index is 1110. The van der Waals surface area contributed by atoms with Gasteiger partial charge >= 0.3 is 6.16 Å². The molecule has 1 fully saturated rings. The molecule has 1 saturated heterocycles. The fourth-order valence-electron chi connectivity index (χ4n) is 3.68. The maximum Gasteiger partial charge on any atom is 0.508 e. The fraction of sp³-hybridized carbons (Fsp3) is 0.391. The Morgan fingerprint density at radius 1 is 1.18 bits per heavy atom. The first-order valence-electron chi connectivity index (χ1n) is 10.6. The van der Waals surface area contributed by atoms with Crippen molar-refractivity contribution in [3.63, 3.8) is 0 Å². The van der Waals surface area contributed by atoms with E-state index in [1.54, 1.807) is 47.8 Å². The number of carbonyl (C=O) groups excluding carboxylic acids is 1. The highest BCUT2D eigenvalue weighted by Gasteiger charge is 2.44. The lowest BCUT2D eigenvalue weighted by Gasteiger charge is -2.40. The Hall–Kier alpha value is -2.05. The third kappa shape index (κ3) is 5.60.